The van der Waals surface area contributed by atoms with Crippen LogP contribution in [0.25, 0.3) is 0 Å². The van der Waals surface area contributed by atoms with Crippen LogP contribution in [0, 0.1) is 0 Å². The number of halogens is 1. The zero-order valence-corrected chi connectivity index (χ0v) is 11.6. The third kappa shape index (κ3) is 3.50. The number of benzene rings is 1. The van der Waals surface area contributed by atoms with Gasteiger partial charge in [0.25, 0.3) is 5.56 Å². The lowest BCUT2D eigenvalue weighted by Gasteiger charge is -2.08. The molecular weight excluding hydrogens is 286 g/mol. The van der Waals surface area contributed by atoms with E-state index in [2.05, 4.69) is 9.97 Å². The van der Waals surface area contributed by atoms with Gasteiger partial charge in [-0.15, -0.1) is 0 Å². The van der Waals surface area contributed by atoms with Crippen molar-refractivity contribution in [2.24, 2.45) is 0 Å². The van der Waals surface area contributed by atoms with Crippen molar-refractivity contribution in [3.05, 3.63) is 45.2 Å². The number of aromatic nitrogens is 2. The Kier molecular flexibility index (Phi) is 4.14. The SMILES string of the molecule is CC(O)c1ccc(Sc2nc(N)cc(=O)[nH]2)cc1Cl. The standard InChI is InChI=1S/C12H12ClN3O2S/c1-6(17)8-3-2-7(4-9(8)13)19-12-15-10(14)5-11(18)16-12/h2-6,17H,1H3,(H3,14,15,16,18). The predicted octanol–water partition coefficient (Wildman–Crippen LogP) is 2.21. The van der Waals surface area contributed by atoms with E-state index in [1.165, 1.54) is 17.8 Å². The van der Waals surface area contributed by atoms with Crippen molar-refractivity contribution in [1.29, 1.82) is 0 Å². The summed E-state index contributed by atoms with van der Waals surface area (Å²) in [6, 6.07) is 6.45. The molecule has 1 aromatic carbocycles. The van der Waals surface area contributed by atoms with E-state index >= 15 is 0 Å². The van der Waals surface area contributed by atoms with Crippen molar-refractivity contribution in [3.8, 4) is 0 Å². The molecule has 0 radical (unpaired) electrons. The van der Waals surface area contributed by atoms with Crippen molar-refractivity contribution < 1.29 is 5.11 Å². The fourth-order valence-corrected chi connectivity index (χ4v) is 2.77. The van der Waals surface area contributed by atoms with Gasteiger partial charge in [0.05, 0.1) is 6.10 Å². The maximum Gasteiger partial charge on any atom is 0.253 e. The van der Waals surface area contributed by atoms with Crippen LogP contribution in [0.4, 0.5) is 5.82 Å². The summed E-state index contributed by atoms with van der Waals surface area (Å²) in [4.78, 5) is 18.6. The second kappa shape index (κ2) is 5.64. The number of aliphatic hydroxyl groups is 1. The average molecular weight is 298 g/mol. The Morgan fingerprint density at radius 1 is 1.47 bits per heavy atom. The minimum atomic E-state index is -0.628. The molecule has 0 aliphatic carbocycles. The molecular formula is C12H12ClN3O2S. The van der Waals surface area contributed by atoms with Gasteiger partial charge in [-0.05, 0) is 24.6 Å². The van der Waals surface area contributed by atoms with E-state index in [-0.39, 0.29) is 11.4 Å². The van der Waals surface area contributed by atoms with Gasteiger partial charge in [0.2, 0.25) is 0 Å². The molecule has 2 rings (SSSR count). The lowest BCUT2D eigenvalue weighted by molar-refractivity contribution is 0.199. The van der Waals surface area contributed by atoms with E-state index in [1.54, 1.807) is 25.1 Å². The number of nitrogens with two attached hydrogens (primary N) is 1. The molecule has 1 aromatic heterocycles. The molecule has 0 saturated carbocycles. The minimum Gasteiger partial charge on any atom is -0.389 e. The predicted molar refractivity (Wildman–Crippen MR) is 75.5 cm³/mol. The quantitative estimate of drug-likeness (QED) is 0.755. The highest BCUT2D eigenvalue weighted by Gasteiger charge is 2.09. The zero-order chi connectivity index (χ0) is 14.0. The fraction of sp³-hybridized carbons (Fsp3) is 0.167. The summed E-state index contributed by atoms with van der Waals surface area (Å²) < 4.78 is 0. The van der Waals surface area contributed by atoms with Crippen molar-refractivity contribution in [3.63, 3.8) is 0 Å². The van der Waals surface area contributed by atoms with Crippen LogP contribution in [-0.2, 0) is 0 Å². The van der Waals surface area contributed by atoms with Crippen LogP contribution in [0.2, 0.25) is 5.02 Å². The van der Waals surface area contributed by atoms with Gasteiger partial charge in [0.1, 0.15) is 5.82 Å². The highest BCUT2D eigenvalue weighted by Crippen LogP contribution is 2.30. The molecule has 1 atom stereocenters. The molecule has 1 heterocycles. The van der Waals surface area contributed by atoms with Crippen molar-refractivity contribution in [1.82, 2.24) is 9.97 Å². The Morgan fingerprint density at radius 2 is 2.21 bits per heavy atom. The van der Waals surface area contributed by atoms with Crippen LogP contribution >= 0.6 is 23.4 Å². The van der Waals surface area contributed by atoms with E-state index in [9.17, 15) is 9.90 Å². The number of H-pyrrole nitrogens is 1. The van der Waals surface area contributed by atoms with Crippen LogP contribution in [0.3, 0.4) is 0 Å². The smallest absolute Gasteiger partial charge is 0.253 e. The number of nitrogen functional groups attached to an aromatic ring is 1. The van der Waals surface area contributed by atoms with E-state index in [4.69, 9.17) is 17.3 Å². The Bertz CT molecular complexity index is 658. The fourth-order valence-electron chi connectivity index (χ4n) is 1.52. The second-order valence-corrected chi connectivity index (χ2v) is 5.41. The number of anilines is 1. The molecule has 0 bridgehead atoms. The second-order valence-electron chi connectivity index (χ2n) is 3.94. The Labute approximate surface area is 118 Å². The highest BCUT2D eigenvalue weighted by atomic mass is 35.5. The Hall–Kier alpha value is -1.50. The number of rotatable bonds is 3. The van der Waals surface area contributed by atoms with Gasteiger partial charge in [0, 0.05) is 16.0 Å². The van der Waals surface area contributed by atoms with Crippen LogP contribution in [0.5, 0.6) is 0 Å². The number of aliphatic hydroxyl groups excluding tert-OH is 1. The first-order valence-electron chi connectivity index (χ1n) is 5.48. The Balaban J connectivity index is 2.29. The number of hydrogen-bond acceptors (Lipinski definition) is 5. The zero-order valence-electron chi connectivity index (χ0n) is 10.1. The molecule has 19 heavy (non-hydrogen) atoms. The third-order valence-corrected chi connectivity index (χ3v) is 3.58. The highest BCUT2D eigenvalue weighted by molar-refractivity contribution is 7.99. The summed E-state index contributed by atoms with van der Waals surface area (Å²) in [5.74, 6) is 0.165. The van der Waals surface area contributed by atoms with Crippen LogP contribution < -0.4 is 11.3 Å². The summed E-state index contributed by atoms with van der Waals surface area (Å²) >= 11 is 7.30. The number of nitrogens with zero attached hydrogens (tertiary/aromatic N) is 1. The maximum absolute atomic E-state index is 11.3. The van der Waals surface area contributed by atoms with Gasteiger partial charge in [-0.3, -0.25) is 4.79 Å². The summed E-state index contributed by atoms with van der Waals surface area (Å²) in [5.41, 5.74) is 5.85. The molecule has 4 N–H and O–H groups in total. The normalized spacial score (nSPS) is 12.4. The maximum atomic E-state index is 11.3. The van der Waals surface area contributed by atoms with Crippen molar-refractivity contribution in [2.45, 2.75) is 23.1 Å². The first-order valence-corrected chi connectivity index (χ1v) is 6.67. The van der Waals surface area contributed by atoms with E-state index < -0.39 is 6.10 Å². The topological polar surface area (TPSA) is 92.0 Å². The lowest BCUT2D eigenvalue weighted by Crippen LogP contribution is -2.09. The molecule has 1 unspecified atom stereocenters. The first-order chi connectivity index (χ1) is 8.95. The molecule has 2 aromatic rings. The van der Waals surface area contributed by atoms with Gasteiger partial charge < -0.3 is 15.8 Å². The molecule has 0 aliphatic heterocycles. The summed E-state index contributed by atoms with van der Waals surface area (Å²) in [6.07, 6.45) is -0.628. The van der Waals surface area contributed by atoms with Crippen LogP contribution in [0.15, 0.2) is 39.1 Å². The average Bonchev–Trinajstić information content (AvgIpc) is 2.26. The molecule has 0 aliphatic rings. The summed E-state index contributed by atoms with van der Waals surface area (Å²) in [5, 5.41) is 10.3. The van der Waals surface area contributed by atoms with E-state index in [0.717, 1.165) is 4.90 Å². The molecule has 7 heteroatoms. The monoisotopic (exact) mass is 297 g/mol. The van der Waals surface area contributed by atoms with Crippen LogP contribution in [-0.4, -0.2) is 15.1 Å². The van der Waals surface area contributed by atoms with E-state index in [1.807, 2.05) is 0 Å². The number of hydrogen-bond donors (Lipinski definition) is 3. The molecule has 0 amide bonds. The third-order valence-electron chi connectivity index (χ3n) is 2.38. The molecule has 5 nitrogen and oxygen atoms in total. The number of nitrogens with one attached hydrogen (secondary N) is 1. The largest absolute Gasteiger partial charge is 0.389 e. The van der Waals surface area contributed by atoms with Gasteiger partial charge in [-0.2, -0.15) is 0 Å². The van der Waals surface area contributed by atoms with Crippen LogP contribution in [0.1, 0.15) is 18.6 Å². The molecule has 0 fully saturated rings. The Morgan fingerprint density at radius 3 is 2.79 bits per heavy atom. The molecule has 0 saturated heterocycles. The summed E-state index contributed by atoms with van der Waals surface area (Å²) in [6.45, 7) is 1.64. The van der Waals surface area contributed by atoms with Crippen molar-refractivity contribution in [2.75, 3.05) is 5.73 Å². The minimum absolute atomic E-state index is 0.165. The van der Waals surface area contributed by atoms with Gasteiger partial charge >= 0.3 is 0 Å². The summed E-state index contributed by atoms with van der Waals surface area (Å²) in [7, 11) is 0. The molecule has 0 spiro atoms. The number of aromatic amines is 1. The van der Waals surface area contributed by atoms with Crippen molar-refractivity contribution >= 4 is 29.2 Å². The lowest BCUT2D eigenvalue weighted by atomic mass is 10.1. The van der Waals surface area contributed by atoms with Gasteiger partial charge in [-0.25, -0.2) is 4.98 Å². The first kappa shape index (κ1) is 13.9. The van der Waals surface area contributed by atoms with Gasteiger partial charge in [-0.1, -0.05) is 29.4 Å². The van der Waals surface area contributed by atoms with E-state index in [0.29, 0.717) is 15.7 Å². The molecule has 100 valence electrons. The van der Waals surface area contributed by atoms with Gasteiger partial charge in [0.15, 0.2) is 5.16 Å².